The summed E-state index contributed by atoms with van der Waals surface area (Å²) in [6, 6.07) is 7.09. The molecule has 37 heavy (non-hydrogen) atoms. The Morgan fingerprint density at radius 2 is 1.92 bits per heavy atom. The number of aliphatic hydroxyl groups is 2. The highest BCUT2D eigenvalue weighted by Gasteiger charge is 2.50. The van der Waals surface area contributed by atoms with E-state index in [-0.39, 0.29) is 59.4 Å². The summed E-state index contributed by atoms with van der Waals surface area (Å²) in [4.78, 5) is 14.9. The van der Waals surface area contributed by atoms with Crippen LogP contribution in [-0.4, -0.2) is 57.4 Å². The molecule has 0 aromatic heterocycles. The Labute approximate surface area is 217 Å². The maximum absolute atomic E-state index is 14.5. The standard InChI is InChI=1S/C25H33FN6O3.C2H6/c1-14-6-7-19(17(26)9-14)30-20-11-21(31-28)18(27)10-16(20)23(33)32-12-25(35,13-32)15(2)29-22-5-4-8-24(22,3)34;1-2/h6-7,9-11,15,22,28-30,34-35H,4-5,8,12-13,27H2,1-3H3;1-2H3. The number of nitrogen functional groups attached to an aromatic ring is 1. The minimum absolute atomic E-state index is 0.0949. The summed E-state index contributed by atoms with van der Waals surface area (Å²) >= 11 is 0. The number of nitrogens with two attached hydrogens (primary N) is 1. The van der Waals surface area contributed by atoms with Crippen molar-refractivity contribution in [2.24, 2.45) is 5.11 Å². The molecule has 2 aliphatic rings. The molecule has 2 aromatic rings. The number of hydrogen-bond donors (Lipinski definition) is 6. The summed E-state index contributed by atoms with van der Waals surface area (Å²) in [7, 11) is 0. The van der Waals surface area contributed by atoms with Crippen molar-refractivity contribution >= 4 is 28.7 Å². The fourth-order valence-electron chi connectivity index (χ4n) is 4.92. The van der Waals surface area contributed by atoms with E-state index in [9.17, 15) is 19.4 Å². The summed E-state index contributed by atoms with van der Waals surface area (Å²) in [5.41, 5.74) is 13.1. The average Bonchev–Trinajstić information content (AvgIpc) is 3.17. The van der Waals surface area contributed by atoms with Crippen LogP contribution in [0.2, 0.25) is 0 Å². The third-order valence-corrected chi connectivity index (χ3v) is 7.31. The number of likely N-dealkylation sites (tertiary alicyclic amines) is 1. The summed E-state index contributed by atoms with van der Waals surface area (Å²) in [6.45, 7) is 9.62. The minimum atomic E-state index is -1.15. The van der Waals surface area contributed by atoms with Crippen LogP contribution in [0.25, 0.3) is 0 Å². The highest BCUT2D eigenvalue weighted by atomic mass is 19.1. The maximum Gasteiger partial charge on any atom is 0.256 e. The molecular formula is C27H39FN6O3. The Balaban J connectivity index is 0.00000186. The molecule has 1 aliphatic carbocycles. The second kappa shape index (κ2) is 11.1. The number of carbonyl (C=O) groups excluding carboxylic acids is 1. The third kappa shape index (κ3) is 5.92. The Bertz CT molecular complexity index is 1150. The van der Waals surface area contributed by atoms with Crippen molar-refractivity contribution in [1.82, 2.24) is 10.2 Å². The van der Waals surface area contributed by atoms with E-state index in [0.29, 0.717) is 6.42 Å². The molecule has 3 unspecified atom stereocenters. The van der Waals surface area contributed by atoms with Crippen LogP contribution in [0.5, 0.6) is 0 Å². The first kappa shape index (κ1) is 28.5. The van der Waals surface area contributed by atoms with Gasteiger partial charge in [0.05, 0.1) is 41.3 Å². The van der Waals surface area contributed by atoms with Crippen LogP contribution in [0.1, 0.15) is 62.9 Å². The number of anilines is 3. The minimum Gasteiger partial charge on any atom is -0.397 e. The van der Waals surface area contributed by atoms with Crippen LogP contribution in [0.3, 0.4) is 0 Å². The van der Waals surface area contributed by atoms with Gasteiger partial charge in [-0.15, -0.1) is 0 Å². The van der Waals surface area contributed by atoms with E-state index in [1.807, 2.05) is 20.8 Å². The van der Waals surface area contributed by atoms with Crippen LogP contribution in [0.15, 0.2) is 35.4 Å². The van der Waals surface area contributed by atoms with Crippen molar-refractivity contribution in [1.29, 1.82) is 5.53 Å². The number of halogens is 1. The lowest BCUT2D eigenvalue weighted by Gasteiger charge is -2.51. The van der Waals surface area contributed by atoms with Gasteiger partial charge in [0.15, 0.2) is 0 Å². The molecule has 1 saturated carbocycles. The molecule has 1 saturated heterocycles. The second-order valence-electron chi connectivity index (χ2n) is 10.1. The van der Waals surface area contributed by atoms with Gasteiger partial charge in [0.1, 0.15) is 17.1 Å². The number of aryl methyl sites for hydroxylation is 1. The second-order valence-corrected chi connectivity index (χ2v) is 10.1. The molecule has 7 N–H and O–H groups in total. The molecule has 3 atom stereocenters. The average molecular weight is 515 g/mol. The SMILES string of the molecule is CC.Cc1ccc(Nc2cc(N=N)c(N)cc2C(=O)N2CC(O)(C(C)NC3CCCC3(C)O)C2)c(F)c1. The quantitative estimate of drug-likeness (QED) is 0.235. The monoisotopic (exact) mass is 514 g/mol. The van der Waals surface area contributed by atoms with Gasteiger partial charge in [-0.05, 0) is 69.9 Å². The van der Waals surface area contributed by atoms with Crippen molar-refractivity contribution in [3.63, 3.8) is 0 Å². The lowest BCUT2D eigenvalue weighted by molar-refractivity contribution is -0.106. The highest BCUT2D eigenvalue weighted by Crippen LogP contribution is 2.36. The van der Waals surface area contributed by atoms with Crippen molar-refractivity contribution in [2.75, 3.05) is 24.1 Å². The number of benzene rings is 2. The lowest BCUT2D eigenvalue weighted by Crippen LogP contribution is -2.72. The lowest BCUT2D eigenvalue weighted by atomic mass is 9.85. The maximum atomic E-state index is 14.5. The number of amides is 1. The van der Waals surface area contributed by atoms with E-state index in [4.69, 9.17) is 11.3 Å². The van der Waals surface area contributed by atoms with E-state index in [1.165, 1.54) is 23.1 Å². The van der Waals surface area contributed by atoms with E-state index in [2.05, 4.69) is 15.7 Å². The van der Waals surface area contributed by atoms with Crippen LogP contribution in [0, 0.1) is 18.3 Å². The van der Waals surface area contributed by atoms with Crippen molar-refractivity contribution in [3.05, 3.63) is 47.3 Å². The number of β-amino-alcohol motifs (C(OH)–C–C–N with tert-alkyl or cyclic N) is 1. The van der Waals surface area contributed by atoms with Crippen molar-refractivity contribution < 1.29 is 19.4 Å². The Morgan fingerprint density at radius 3 is 2.49 bits per heavy atom. The van der Waals surface area contributed by atoms with E-state index >= 15 is 0 Å². The predicted molar refractivity (Wildman–Crippen MR) is 143 cm³/mol. The van der Waals surface area contributed by atoms with Crippen molar-refractivity contribution in [3.8, 4) is 0 Å². The fraction of sp³-hybridized carbons (Fsp3) is 0.519. The van der Waals surface area contributed by atoms with Crippen LogP contribution < -0.4 is 16.4 Å². The topological polar surface area (TPSA) is 147 Å². The number of nitrogens with zero attached hydrogens (tertiary/aromatic N) is 2. The number of hydrogen-bond acceptors (Lipinski definition) is 8. The summed E-state index contributed by atoms with van der Waals surface area (Å²) < 4.78 is 14.5. The van der Waals surface area contributed by atoms with Gasteiger partial charge in [0.2, 0.25) is 0 Å². The van der Waals surface area contributed by atoms with Gasteiger partial charge in [-0.3, -0.25) is 4.79 Å². The molecule has 4 rings (SSSR count). The number of carbonyl (C=O) groups is 1. The molecule has 2 fully saturated rings. The molecule has 1 amide bonds. The van der Waals surface area contributed by atoms with Crippen LogP contribution in [-0.2, 0) is 0 Å². The van der Waals surface area contributed by atoms with Gasteiger partial charge in [-0.25, -0.2) is 9.92 Å². The Morgan fingerprint density at radius 1 is 1.24 bits per heavy atom. The van der Waals surface area contributed by atoms with E-state index < -0.39 is 17.0 Å². The molecule has 0 bridgehead atoms. The van der Waals surface area contributed by atoms with Gasteiger partial charge in [0, 0.05) is 12.1 Å². The largest absolute Gasteiger partial charge is 0.397 e. The van der Waals surface area contributed by atoms with Gasteiger partial charge in [-0.1, -0.05) is 19.9 Å². The summed E-state index contributed by atoms with van der Waals surface area (Å²) in [5.74, 6) is -0.862. The molecule has 10 heteroatoms. The highest BCUT2D eigenvalue weighted by molar-refractivity contribution is 6.03. The molecule has 202 valence electrons. The van der Waals surface area contributed by atoms with Crippen LogP contribution in [0.4, 0.5) is 27.1 Å². The summed E-state index contributed by atoms with van der Waals surface area (Å²) in [6.07, 6.45) is 2.45. The zero-order valence-corrected chi connectivity index (χ0v) is 22.2. The Hall–Kier alpha value is -3.08. The van der Waals surface area contributed by atoms with E-state index in [1.54, 1.807) is 26.0 Å². The molecule has 2 aromatic carbocycles. The number of nitrogens with one attached hydrogen (secondary N) is 3. The molecule has 9 nitrogen and oxygen atoms in total. The van der Waals surface area contributed by atoms with Crippen LogP contribution >= 0.6 is 0 Å². The van der Waals surface area contributed by atoms with Gasteiger partial charge in [0.25, 0.3) is 5.91 Å². The van der Waals surface area contributed by atoms with Crippen molar-refractivity contribution in [2.45, 2.75) is 77.2 Å². The molecule has 1 heterocycles. The fourth-order valence-corrected chi connectivity index (χ4v) is 4.92. The molecular weight excluding hydrogens is 475 g/mol. The zero-order chi connectivity index (χ0) is 27.5. The van der Waals surface area contributed by atoms with E-state index in [0.717, 1.165) is 18.4 Å². The Kier molecular flexibility index (Phi) is 8.56. The third-order valence-electron chi connectivity index (χ3n) is 7.31. The van der Waals surface area contributed by atoms with Gasteiger partial charge in [-0.2, -0.15) is 5.11 Å². The molecule has 0 radical (unpaired) electrons. The predicted octanol–water partition coefficient (Wildman–Crippen LogP) is 4.62. The zero-order valence-electron chi connectivity index (χ0n) is 22.2. The van der Waals surface area contributed by atoms with Gasteiger partial charge < -0.3 is 31.5 Å². The summed E-state index contributed by atoms with van der Waals surface area (Å²) in [5, 5.41) is 31.3. The van der Waals surface area contributed by atoms with Gasteiger partial charge >= 0.3 is 0 Å². The number of rotatable bonds is 7. The first-order chi connectivity index (χ1) is 17.4. The normalized spacial score (nSPS) is 22.9. The smallest absolute Gasteiger partial charge is 0.256 e. The molecule has 1 aliphatic heterocycles. The first-order valence-corrected chi connectivity index (χ1v) is 12.8. The first-order valence-electron chi connectivity index (χ1n) is 12.8. The molecule has 0 spiro atoms.